The normalized spacial score (nSPS) is 14.0. The highest BCUT2D eigenvalue weighted by Gasteiger charge is 2.46. The van der Waals surface area contributed by atoms with Gasteiger partial charge in [0.1, 0.15) is 0 Å². The summed E-state index contributed by atoms with van der Waals surface area (Å²) in [6.45, 7) is 4.74. The van der Waals surface area contributed by atoms with Gasteiger partial charge in [-0.2, -0.15) is 0 Å². The van der Waals surface area contributed by atoms with E-state index in [0.717, 1.165) is 28.1 Å². The van der Waals surface area contributed by atoms with Crippen LogP contribution in [0.15, 0.2) is 212 Å². The first kappa shape index (κ1) is 34.2. The lowest BCUT2D eigenvalue weighted by Gasteiger charge is -2.34. The number of rotatable bonds is 6. The molecule has 0 aliphatic heterocycles. The summed E-state index contributed by atoms with van der Waals surface area (Å²) >= 11 is 0. The van der Waals surface area contributed by atoms with E-state index in [1.807, 2.05) is 0 Å². The molecule has 9 aromatic rings. The first-order valence-corrected chi connectivity index (χ1v) is 20.3. The summed E-state index contributed by atoms with van der Waals surface area (Å²) in [6, 6.07) is 78.1. The Morgan fingerprint density at radius 1 is 0.293 bits per heavy atom. The summed E-state index contributed by atoms with van der Waals surface area (Å²) in [5, 5.41) is 0. The Labute approximate surface area is 341 Å². The van der Waals surface area contributed by atoms with Crippen molar-refractivity contribution in [3.8, 4) is 67.0 Å². The zero-order chi connectivity index (χ0) is 38.8. The number of fused-ring (bicyclic) bond motifs is 6. The number of hydrogen-bond donors (Lipinski definition) is 0. The van der Waals surface area contributed by atoms with Gasteiger partial charge in [0, 0.05) is 16.5 Å². The molecule has 0 bridgehead atoms. The van der Waals surface area contributed by atoms with Gasteiger partial charge in [-0.05, 0) is 108 Å². The monoisotopic (exact) mass is 739 g/mol. The first-order valence-electron chi connectivity index (χ1n) is 20.3. The van der Waals surface area contributed by atoms with Crippen molar-refractivity contribution in [2.24, 2.45) is 0 Å². The van der Waals surface area contributed by atoms with Crippen LogP contribution < -0.4 is 0 Å². The molecule has 0 spiro atoms. The molecule has 58 heavy (non-hydrogen) atoms. The fourth-order valence-corrected chi connectivity index (χ4v) is 10.0. The van der Waals surface area contributed by atoms with Crippen LogP contribution >= 0.6 is 0 Å². The largest absolute Gasteiger partial charge is 0.248 e. The van der Waals surface area contributed by atoms with Crippen LogP contribution in [0.2, 0.25) is 0 Å². The molecule has 2 aliphatic carbocycles. The summed E-state index contributed by atoms with van der Waals surface area (Å²) in [5.74, 6) is 0. The molecule has 11 rings (SSSR count). The minimum atomic E-state index is -0.525. The minimum Gasteiger partial charge on any atom is -0.248 e. The molecule has 2 aliphatic rings. The third-order valence-corrected chi connectivity index (χ3v) is 12.8. The lowest BCUT2D eigenvalue weighted by Crippen LogP contribution is -2.28. The predicted octanol–water partition coefficient (Wildman–Crippen LogP) is 14.4. The highest BCUT2D eigenvalue weighted by Crippen LogP contribution is 2.58. The molecule has 1 heteroatoms. The van der Waals surface area contributed by atoms with Crippen LogP contribution in [0.5, 0.6) is 0 Å². The van der Waals surface area contributed by atoms with Crippen molar-refractivity contribution in [2.45, 2.75) is 24.7 Å². The van der Waals surface area contributed by atoms with Gasteiger partial charge < -0.3 is 0 Å². The molecule has 0 unspecified atom stereocenters. The third kappa shape index (κ3) is 5.13. The predicted molar refractivity (Wildman–Crippen MR) is 241 cm³/mol. The van der Waals surface area contributed by atoms with Crippen molar-refractivity contribution in [1.29, 1.82) is 0 Å². The lowest BCUT2D eigenvalue weighted by atomic mass is 9.67. The molecule has 0 fully saturated rings. The van der Waals surface area contributed by atoms with E-state index < -0.39 is 5.41 Å². The molecule has 1 nitrogen and oxygen atoms in total. The van der Waals surface area contributed by atoms with Gasteiger partial charge >= 0.3 is 0 Å². The summed E-state index contributed by atoms with van der Waals surface area (Å²) in [7, 11) is 0. The second-order valence-electron chi connectivity index (χ2n) is 16.3. The standard InChI is InChI=1S/C57H41N/c1-56(2)50-29-17-15-27-44(50)46-32-31-40(33-52(46)56)47-37-53-48(45-28-16-18-30-51(45)57(53,42-23-11-5-12-24-42)43-25-13-6-14-26-43)36-49(47)55-35-41(38-19-7-3-8-20-38)34-54(58-55)39-21-9-4-10-22-39/h3-37H,1-2H3. The van der Waals surface area contributed by atoms with Crippen molar-refractivity contribution < 1.29 is 0 Å². The van der Waals surface area contributed by atoms with Gasteiger partial charge in [0.2, 0.25) is 0 Å². The van der Waals surface area contributed by atoms with E-state index in [0.29, 0.717) is 0 Å². The zero-order valence-corrected chi connectivity index (χ0v) is 32.7. The van der Waals surface area contributed by atoms with Crippen LogP contribution in [-0.2, 0) is 10.8 Å². The molecule has 1 heterocycles. The van der Waals surface area contributed by atoms with Gasteiger partial charge in [-0.15, -0.1) is 0 Å². The molecular weight excluding hydrogens is 699 g/mol. The van der Waals surface area contributed by atoms with Gasteiger partial charge in [0.05, 0.1) is 16.8 Å². The minimum absolute atomic E-state index is 0.140. The van der Waals surface area contributed by atoms with E-state index in [1.165, 1.54) is 72.3 Å². The van der Waals surface area contributed by atoms with Crippen LogP contribution in [0.1, 0.15) is 47.2 Å². The highest BCUT2D eigenvalue weighted by molar-refractivity contribution is 5.96. The molecule has 0 atom stereocenters. The smallest absolute Gasteiger partial charge is 0.0722 e. The molecule has 8 aromatic carbocycles. The zero-order valence-electron chi connectivity index (χ0n) is 32.7. The van der Waals surface area contributed by atoms with Crippen LogP contribution in [0.3, 0.4) is 0 Å². The molecule has 0 saturated carbocycles. The summed E-state index contributed by atoms with van der Waals surface area (Å²) in [4.78, 5) is 5.55. The summed E-state index contributed by atoms with van der Waals surface area (Å²) in [6.07, 6.45) is 0. The van der Waals surface area contributed by atoms with E-state index >= 15 is 0 Å². The number of aromatic nitrogens is 1. The van der Waals surface area contributed by atoms with Gasteiger partial charge in [-0.1, -0.05) is 196 Å². The van der Waals surface area contributed by atoms with Crippen molar-refractivity contribution in [3.63, 3.8) is 0 Å². The number of pyridine rings is 1. The third-order valence-electron chi connectivity index (χ3n) is 12.8. The average molecular weight is 740 g/mol. The Morgan fingerprint density at radius 3 is 1.47 bits per heavy atom. The van der Waals surface area contributed by atoms with Crippen LogP contribution in [0.25, 0.3) is 67.0 Å². The Morgan fingerprint density at radius 2 is 0.810 bits per heavy atom. The fourth-order valence-electron chi connectivity index (χ4n) is 10.0. The van der Waals surface area contributed by atoms with Crippen molar-refractivity contribution in [1.82, 2.24) is 4.98 Å². The molecule has 0 amide bonds. The molecule has 274 valence electrons. The van der Waals surface area contributed by atoms with E-state index in [-0.39, 0.29) is 5.41 Å². The van der Waals surface area contributed by atoms with Crippen molar-refractivity contribution >= 4 is 0 Å². The lowest BCUT2D eigenvalue weighted by molar-refractivity contribution is 0.660. The SMILES string of the molecule is CC1(C)c2ccccc2-c2ccc(-c3cc4c(cc3-c3cc(-c5ccccc5)cc(-c5ccccc5)n3)-c3ccccc3C4(c3ccccc3)c3ccccc3)cc21. The molecule has 0 radical (unpaired) electrons. The number of nitrogens with zero attached hydrogens (tertiary/aromatic N) is 1. The van der Waals surface area contributed by atoms with Crippen LogP contribution in [0, 0.1) is 0 Å². The van der Waals surface area contributed by atoms with E-state index in [4.69, 9.17) is 4.98 Å². The first-order chi connectivity index (χ1) is 28.5. The number of hydrogen-bond acceptors (Lipinski definition) is 1. The fraction of sp³-hybridized carbons (Fsp3) is 0.0702. The Hall–Kier alpha value is -7.09. The quantitative estimate of drug-likeness (QED) is 0.165. The Bertz CT molecular complexity index is 2900. The van der Waals surface area contributed by atoms with Gasteiger partial charge in [0.15, 0.2) is 0 Å². The second kappa shape index (κ2) is 13.3. The van der Waals surface area contributed by atoms with E-state index in [1.54, 1.807) is 0 Å². The molecule has 0 N–H and O–H groups in total. The average Bonchev–Trinajstić information content (AvgIpc) is 3.72. The van der Waals surface area contributed by atoms with Crippen molar-refractivity contribution in [2.75, 3.05) is 0 Å². The van der Waals surface area contributed by atoms with Gasteiger partial charge in [0.25, 0.3) is 0 Å². The van der Waals surface area contributed by atoms with E-state index in [9.17, 15) is 0 Å². The van der Waals surface area contributed by atoms with Crippen molar-refractivity contribution in [3.05, 3.63) is 246 Å². The summed E-state index contributed by atoms with van der Waals surface area (Å²) in [5.41, 5.74) is 21.1. The van der Waals surface area contributed by atoms with Gasteiger partial charge in [-0.25, -0.2) is 4.98 Å². The maximum Gasteiger partial charge on any atom is 0.0722 e. The molecule has 1 aromatic heterocycles. The van der Waals surface area contributed by atoms with Crippen LogP contribution in [-0.4, -0.2) is 4.98 Å². The summed E-state index contributed by atoms with van der Waals surface area (Å²) < 4.78 is 0. The Kier molecular flexibility index (Phi) is 7.81. The van der Waals surface area contributed by atoms with E-state index in [2.05, 4.69) is 226 Å². The maximum absolute atomic E-state index is 5.55. The topological polar surface area (TPSA) is 12.9 Å². The van der Waals surface area contributed by atoms with Gasteiger partial charge in [-0.3, -0.25) is 0 Å². The molecular formula is C57H41N. The maximum atomic E-state index is 5.55. The highest BCUT2D eigenvalue weighted by atomic mass is 14.7. The number of benzene rings is 8. The van der Waals surface area contributed by atoms with Crippen LogP contribution in [0.4, 0.5) is 0 Å². The Balaban J connectivity index is 1.25. The second-order valence-corrected chi connectivity index (χ2v) is 16.3. The molecule has 0 saturated heterocycles.